The maximum atomic E-state index is 12.6. The van der Waals surface area contributed by atoms with E-state index in [2.05, 4.69) is 36.1 Å². The lowest BCUT2D eigenvalue weighted by Crippen LogP contribution is -2.60. The maximum absolute atomic E-state index is 12.6. The average Bonchev–Trinajstić information content (AvgIpc) is 2.96. The molecule has 6 nitrogen and oxygen atoms in total. The number of aromatic nitrogens is 3. The third-order valence-electron chi connectivity index (χ3n) is 4.70. The number of amides is 2. The third kappa shape index (κ3) is 3.00. The highest BCUT2D eigenvalue weighted by Gasteiger charge is 2.50. The number of nitrogens with zero attached hydrogens (tertiary/aromatic N) is 4. The quantitative estimate of drug-likeness (QED) is 0.939. The van der Waals surface area contributed by atoms with E-state index in [-0.39, 0.29) is 17.5 Å². The Morgan fingerprint density at radius 1 is 1.38 bits per heavy atom. The van der Waals surface area contributed by atoms with Crippen molar-refractivity contribution in [2.75, 3.05) is 6.54 Å². The van der Waals surface area contributed by atoms with Gasteiger partial charge in [0.2, 0.25) is 0 Å². The highest BCUT2D eigenvalue weighted by molar-refractivity contribution is 5.76. The molecule has 1 fully saturated rings. The molecule has 24 heavy (non-hydrogen) atoms. The van der Waals surface area contributed by atoms with Gasteiger partial charge in [-0.25, -0.2) is 9.78 Å². The van der Waals surface area contributed by atoms with Crippen LogP contribution >= 0.6 is 0 Å². The third-order valence-corrected chi connectivity index (χ3v) is 4.70. The van der Waals surface area contributed by atoms with Crippen LogP contribution in [0.15, 0.2) is 30.7 Å². The van der Waals surface area contributed by atoms with Crippen molar-refractivity contribution in [1.29, 1.82) is 0 Å². The summed E-state index contributed by atoms with van der Waals surface area (Å²) in [6, 6.07) is 3.97. The fraction of sp³-hybridized carbons (Fsp3) is 0.500. The molecule has 3 heterocycles. The molecule has 0 aromatic carbocycles. The Hall–Kier alpha value is -2.37. The van der Waals surface area contributed by atoms with Crippen LogP contribution in [0.2, 0.25) is 0 Å². The molecule has 2 aromatic heterocycles. The number of imidazole rings is 1. The van der Waals surface area contributed by atoms with E-state index in [0.717, 1.165) is 24.5 Å². The lowest BCUT2D eigenvalue weighted by molar-refractivity contribution is -0.0231. The van der Waals surface area contributed by atoms with Gasteiger partial charge in [-0.2, -0.15) is 0 Å². The van der Waals surface area contributed by atoms with E-state index in [1.807, 2.05) is 34.8 Å². The number of likely N-dealkylation sites (tertiary alicyclic amines) is 1. The van der Waals surface area contributed by atoms with Crippen molar-refractivity contribution >= 4 is 6.03 Å². The smallest absolute Gasteiger partial charge is 0.318 e. The molecule has 2 aromatic rings. The second-order valence-corrected chi connectivity index (χ2v) is 7.08. The molecule has 128 valence electrons. The molecule has 0 aliphatic carbocycles. The van der Waals surface area contributed by atoms with E-state index < -0.39 is 0 Å². The zero-order valence-electron chi connectivity index (χ0n) is 14.8. The lowest BCUT2D eigenvalue weighted by atomic mass is 9.74. The summed E-state index contributed by atoms with van der Waals surface area (Å²) in [6.45, 7) is 7.61. The highest BCUT2D eigenvalue weighted by Crippen LogP contribution is 2.47. The summed E-state index contributed by atoms with van der Waals surface area (Å²) in [6.07, 6.45) is 6.45. The van der Waals surface area contributed by atoms with Gasteiger partial charge < -0.3 is 14.8 Å². The van der Waals surface area contributed by atoms with E-state index in [4.69, 9.17) is 0 Å². The van der Waals surface area contributed by atoms with Crippen molar-refractivity contribution in [2.45, 2.75) is 39.8 Å². The van der Waals surface area contributed by atoms with Crippen LogP contribution in [0.5, 0.6) is 0 Å². The zero-order valence-corrected chi connectivity index (χ0v) is 14.8. The van der Waals surface area contributed by atoms with Gasteiger partial charge >= 0.3 is 6.03 Å². The number of hydrogen-bond donors (Lipinski definition) is 1. The summed E-state index contributed by atoms with van der Waals surface area (Å²) < 4.78 is 1.98. The predicted octanol–water partition coefficient (Wildman–Crippen LogP) is 2.67. The number of carbonyl (C=O) groups is 1. The Morgan fingerprint density at radius 2 is 2.17 bits per heavy atom. The van der Waals surface area contributed by atoms with E-state index in [0.29, 0.717) is 6.54 Å². The fourth-order valence-electron chi connectivity index (χ4n) is 3.36. The Labute approximate surface area is 142 Å². The van der Waals surface area contributed by atoms with E-state index in [1.165, 1.54) is 5.56 Å². The molecule has 1 aliphatic rings. The topological polar surface area (TPSA) is 63.1 Å². The standard InChI is InChI=1S/C18H25N5O/c1-5-13-6-7-19-14(10-13)11-21-17(24)23-12-18(2,3)15(23)16-20-8-9-22(16)4/h6-10,15H,5,11-12H2,1-4H3,(H,21,24). The minimum atomic E-state index is -0.0639. The number of aryl methyl sites for hydroxylation is 2. The average molecular weight is 327 g/mol. The second kappa shape index (κ2) is 6.26. The summed E-state index contributed by atoms with van der Waals surface area (Å²) in [5, 5.41) is 2.99. The molecule has 1 saturated heterocycles. The van der Waals surface area contributed by atoms with E-state index in [9.17, 15) is 4.79 Å². The van der Waals surface area contributed by atoms with Crippen molar-refractivity contribution < 1.29 is 4.79 Å². The summed E-state index contributed by atoms with van der Waals surface area (Å²) >= 11 is 0. The van der Waals surface area contributed by atoms with Crippen molar-refractivity contribution in [3.05, 3.63) is 47.8 Å². The Kier molecular flexibility index (Phi) is 4.30. The lowest BCUT2D eigenvalue weighted by Gasteiger charge is -2.53. The molecule has 0 bridgehead atoms. The van der Waals surface area contributed by atoms with E-state index in [1.54, 1.807) is 12.4 Å². The molecule has 3 rings (SSSR count). The van der Waals surface area contributed by atoms with Gasteiger partial charge in [-0.3, -0.25) is 4.98 Å². The number of carbonyl (C=O) groups excluding carboxylic acids is 1. The molecular formula is C18H25N5O. The summed E-state index contributed by atoms with van der Waals surface area (Å²) in [4.78, 5) is 23.2. The molecule has 0 saturated carbocycles. The van der Waals surface area contributed by atoms with Gasteiger partial charge in [0, 0.05) is 37.6 Å². The number of rotatable bonds is 4. The molecule has 6 heteroatoms. The van der Waals surface area contributed by atoms with Gasteiger partial charge in [-0.05, 0) is 24.1 Å². The first-order valence-electron chi connectivity index (χ1n) is 8.38. The maximum Gasteiger partial charge on any atom is 0.318 e. The molecule has 1 N–H and O–H groups in total. The van der Waals surface area contributed by atoms with Gasteiger partial charge in [-0.15, -0.1) is 0 Å². The van der Waals surface area contributed by atoms with Crippen molar-refractivity contribution in [3.63, 3.8) is 0 Å². The van der Waals surface area contributed by atoms with Crippen LogP contribution in [0.25, 0.3) is 0 Å². The minimum Gasteiger partial charge on any atom is -0.336 e. The molecule has 0 spiro atoms. The fourth-order valence-corrected chi connectivity index (χ4v) is 3.36. The number of pyridine rings is 1. The van der Waals surface area contributed by atoms with Crippen LogP contribution in [0, 0.1) is 5.41 Å². The van der Waals surface area contributed by atoms with Crippen molar-refractivity contribution in [3.8, 4) is 0 Å². The van der Waals surface area contributed by atoms with Crippen molar-refractivity contribution in [2.24, 2.45) is 12.5 Å². The molecular weight excluding hydrogens is 302 g/mol. The highest BCUT2D eigenvalue weighted by atomic mass is 16.2. The second-order valence-electron chi connectivity index (χ2n) is 7.08. The van der Waals surface area contributed by atoms with Crippen LogP contribution in [0.4, 0.5) is 4.79 Å². The minimum absolute atomic E-state index is 0.00700. The number of urea groups is 1. The van der Waals surface area contributed by atoms with Gasteiger partial charge in [0.05, 0.1) is 18.3 Å². The van der Waals surface area contributed by atoms with Gasteiger partial charge in [0.25, 0.3) is 0 Å². The van der Waals surface area contributed by atoms with Crippen LogP contribution in [0.3, 0.4) is 0 Å². The zero-order chi connectivity index (χ0) is 17.3. The molecule has 0 radical (unpaired) electrons. The predicted molar refractivity (Wildman–Crippen MR) is 92.3 cm³/mol. The summed E-state index contributed by atoms with van der Waals surface area (Å²) in [5.41, 5.74) is 2.14. The van der Waals surface area contributed by atoms with Crippen LogP contribution < -0.4 is 5.32 Å². The number of hydrogen-bond acceptors (Lipinski definition) is 3. The first-order valence-corrected chi connectivity index (χ1v) is 8.38. The SMILES string of the molecule is CCc1ccnc(CNC(=O)N2CC(C)(C)C2c2nccn2C)c1. The largest absolute Gasteiger partial charge is 0.336 e. The monoisotopic (exact) mass is 327 g/mol. The Morgan fingerprint density at radius 3 is 2.79 bits per heavy atom. The van der Waals surface area contributed by atoms with Crippen LogP contribution in [-0.2, 0) is 20.0 Å². The van der Waals surface area contributed by atoms with Gasteiger partial charge in [0.15, 0.2) is 0 Å². The normalized spacial score (nSPS) is 19.0. The summed E-state index contributed by atoms with van der Waals surface area (Å²) in [5.74, 6) is 0.924. The van der Waals surface area contributed by atoms with E-state index >= 15 is 0 Å². The van der Waals surface area contributed by atoms with Gasteiger partial charge in [0.1, 0.15) is 5.82 Å². The molecule has 1 unspecified atom stereocenters. The van der Waals surface area contributed by atoms with Gasteiger partial charge in [-0.1, -0.05) is 20.8 Å². The molecule has 1 atom stereocenters. The van der Waals surface area contributed by atoms with Crippen LogP contribution in [0.1, 0.15) is 43.9 Å². The Balaban J connectivity index is 1.67. The van der Waals surface area contributed by atoms with Crippen molar-refractivity contribution in [1.82, 2.24) is 24.8 Å². The summed E-state index contributed by atoms with van der Waals surface area (Å²) in [7, 11) is 1.97. The molecule has 1 aliphatic heterocycles. The Bertz CT molecular complexity index is 737. The molecule has 2 amide bonds. The first kappa shape index (κ1) is 16.5. The first-order chi connectivity index (χ1) is 11.4. The van der Waals surface area contributed by atoms with Crippen LogP contribution in [-0.4, -0.2) is 32.0 Å². The number of nitrogens with one attached hydrogen (secondary N) is 1.